The number of benzene rings is 1. The van der Waals surface area contributed by atoms with E-state index in [1.165, 1.54) is 23.0 Å². The van der Waals surface area contributed by atoms with Gasteiger partial charge in [-0.05, 0) is 51.0 Å². The van der Waals surface area contributed by atoms with Gasteiger partial charge < -0.3 is 15.8 Å². The van der Waals surface area contributed by atoms with Gasteiger partial charge in [0.05, 0.1) is 18.6 Å². The van der Waals surface area contributed by atoms with Crippen molar-refractivity contribution in [3.05, 3.63) is 58.2 Å². The summed E-state index contributed by atoms with van der Waals surface area (Å²) in [5.41, 5.74) is 7.04. The quantitative estimate of drug-likeness (QED) is 0.528. The number of nitrogens with two attached hydrogens (primary N) is 1. The molecule has 0 unspecified atom stereocenters. The molecule has 0 spiro atoms. The molecule has 1 atom stereocenters. The molecule has 4 rings (SSSR count). The van der Waals surface area contributed by atoms with E-state index in [0.29, 0.717) is 11.1 Å². The molecular weight excluding hydrogens is 428 g/mol. The van der Waals surface area contributed by atoms with Crippen LogP contribution in [0.1, 0.15) is 44.3 Å². The largest absolute Gasteiger partial charge is 0.482 e. The Hall–Kier alpha value is -2.35. The van der Waals surface area contributed by atoms with Crippen LogP contribution in [-0.2, 0) is 0 Å². The molecule has 30 heavy (non-hydrogen) atoms. The molecule has 158 valence electrons. The van der Waals surface area contributed by atoms with Crippen LogP contribution in [0.3, 0.4) is 0 Å². The van der Waals surface area contributed by atoms with Gasteiger partial charge in [-0.25, -0.2) is 9.37 Å². The van der Waals surface area contributed by atoms with E-state index >= 15 is 0 Å². The van der Waals surface area contributed by atoms with Crippen molar-refractivity contribution in [2.45, 2.75) is 31.9 Å². The van der Waals surface area contributed by atoms with Crippen LogP contribution in [-0.4, -0.2) is 27.8 Å². The lowest BCUT2D eigenvalue weighted by Gasteiger charge is -2.22. The van der Waals surface area contributed by atoms with E-state index in [9.17, 15) is 4.39 Å². The first-order chi connectivity index (χ1) is 16.3. The van der Waals surface area contributed by atoms with Crippen LogP contribution in [0.15, 0.2) is 36.8 Å². The van der Waals surface area contributed by atoms with Crippen LogP contribution in [0.4, 0.5) is 10.2 Å². The smallest absolute Gasteiger partial charge is 0.166 e. The van der Waals surface area contributed by atoms with Gasteiger partial charge in [-0.1, -0.05) is 23.2 Å². The number of nitrogen functional groups attached to an aromatic ring is 1. The highest BCUT2D eigenvalue weighted by Crippen LogP contribution is 2.37. The third-order valence-corrected chi connectivity index (χ3v) is 5.47. The van der Waals surface area contributed by atoms with Crippen molar-refractivity contribution in [1.29, 1.82) is 0 Å². The molecule has 1 fully saturated rings. The van der Waals surface area contributed by atoms with E-state index in [0.717, 1.165) is 6.07 Å². The maximum atomic E-state index is 14.0. The maximum Gasteiger partial charge on any atom is 0.166 e. The monoisotopic (exact) mass is 454 g/mol. The van der Waals surface area contributed by atoms with Gasteiger partial charge in [0.15, 0.2) is 11.6 Å². The molecule has 0 radical (unpaired) electrons. The van der Waals surface area contributed by atoms with Gasteiger partial charge in [0.2, 0.25) is 0 Å². The molecule has 0 aliphatic carbocycles. The Morgan fingerprint density at radius 2 is 2.13 bits per heavy atom. The molecule has 9 heteroatoms. The third-order valence-electron chi connectivity index (χ3n) is 4.75. The van der Waals surface area contributed by atoms with Crippen molar-refractivity contribution in [2.75, 3.05) is 18.7 Å². The second-order valence-electron chi connectivity index (χ2n) is 6.80. The second kappa shape index (κ2) is 8.79. The van der Waals surface area contributed by atoms with Crippen molar-refractivity contribution in [1.82, 2.24) is 20.1 Å². The molecule has 2 aromatic heterocycles. The maximum absolute atomic E-state index is 14.0. The summed E-state index contributed by atoms with van der Waals surface area (Å²) in [4.78, 5) is 4.04. The normalized spacial score (nSPS) is 21.7. The molecule has 0 saturated carbocycles. The number of halogens is 3. The van der Waals surface area contributed by atoms with E-state index in [2.05, 4.69) is 15.4 Å². The summed E-state index contributed by atoms with van der Waals surface area (Å²) in [5.74, 6) is -0.572. The molecule has 3 aromatic rings. The Kier molecular flexibility index (Phi) is 4.53. The van der Waals surface area contributed by atoms with Gasteiger partial charge in [-0.2, -0.15) is 5.10 Å². The van der Waals surface area contributed by atoms with Crippen molar-refractivity contribution in [3.8, 4) is 16.9 Å². The van der Waals surface area contributed by atoms with Crippen LogP contribution in [0.5, 0.6) is 5.75 Å². The highest BCUT2D eigenvalue weighted by atomic mass is 35.5. The summed E-state index contributed by atoms with van der Waals surface area (Å²) in [6, 6.07) is 3.49. The SMILES string of the molecule is [2H]c1nc(N)c(O[C@H](C)c2c(Cl)ccc(F)c2Cl)cc1-c1cnn(C2CC([2H])([2H])NC([2H])([2H])C2)c1. The lowest BCUT2D eigenvalue weighted by Crippen LogP contribution is -2.29. The average Bonchev–Trinajstić information content (AvgIpc) is 3.21. The molecule has 3 heterocycles. The summed E-state index contributed by atoms with van der Waals surface area (Å²) in [6.07, 6.45) is 2.18. The lowest BCUT2D eigenvalue weighted by molar-refractivity contribution is 0.227. The van der Waals surface area contributed by atoms with Crippen LogP contribution < -0.4 is 15.8 Å². The number of nitrogens with zero attached hydrogens (tertiary/aromatic N) is 3. The van der Waals surface area contributed by atoms with Crippen LogP contribution in [0.25, 0.3) is 11.1 Å². The summed E-state index contributed by atoms with van der Waals surface area (Å²) in [6.45, 7) is -2.19. The fourth-order valence-corrected chi connectivity index (χ4v) is 3.83. The standard InChI is InChI=1S/C21H22Cl2FN5O/c1-12(19-16(22)2-3-17(24)20(19)23)30-18-8-13(9-27-21(18)25)14-10-28-29(11-14)15-4-6-26-7-5-15/h2-3,8-12,15,26H,4-7H2,1H3,(H2,25,27)/t12-/m1/s1/i6D2,7D2,9D. The van der Waals surface area contributed by atoms with Crippen molar-refractivity contribution < 1.29 is 16.0 Å². The van der Waals surface area contributed by atoms with Crippen LogP contribution in [0.2, 0.25) is 10.0 Å². The van der Waals surface area contributed by atoms with Gasteiger partial charge in [0.1, 0.15) is 11.9 Å². The van der Waals surface area contributed by atoms with E-state index in [4.69, 9.17) is 40.5 Å². The molecular formula is C21H22Cl2FN5O. The fraction of sp³-hybridized carbons (Fsp3) is 0.333. The predicted octanol–water partition coefficient (Wildman–Crippen LogP) is 5.04. The molecule has 1 aliphatic rings. The van der Waals surface area contributed by atoms with Crippen molar-refractivity contribution in [3.63, 3.8) is 0 Å². The highest BCUT2D eigenvalue weighted by Gasteiger charge is 2.21. The first-order valence-electron chi connectivity index (χ1n) is 11.7. The first-order valence-corrected chi connectivity index (χ1v) is 9.93. The van der Waals surface area contributed by atoms with Crippen molar-refractivity contribution in [2.24, 2.45) is 0 Å². The molecule has 0 amide bonds. The Labute approximate surface area is 191 Å². The molecule has 6 nitrogen and oxygen atoms in total. The van der Waals surface area contributed by atoms with Gasteiger partial charge >= 0.3 is 0 Å². The Morgan fingerprint density at radius 1 is 1.37 bits per heavy atom. The van der Waals surface area contributed by atoms with E-state index in [1.54, 1.807) is 13.1 Å². The number of hydrogen-bond donors (Lipinski definition) is 2. The number of piperidine rings is 1. The van der Waals surface area contributed by atoms with Crippen molar-refractivity contribution >= 4 is 29.0 Å². The molecule has 1 saturated heterocycles. The zero-order valence-electron chi connectivity index (χ0n) is 20.9. The molecule has 3 N–H and O–H groups in total. The minimum atomic E-state index is -1.90. The number of pyridine rings is 1. The summed E-state index contributed by atoms with van der Waals surface area (Å²) in [5, 5.41) is 6.68. The minimum Gasteiger partial charge on any atom is -0.482 e. The topological polar surface area (TPSA) is 78.0 Å². The van der Waals surface area contributed by atoms with Crippen LogP contribution >= 0.6 is 23.2 Å². The van der Waals surface area contributed by atoms with E-state index < -0.39 is 31.0 Å². The Bertz CT molecular complexity index is 1260. The summed E-state index contributed by atoms with van der Waals surface area (Å²) in [7, 11) is 0. The zero-order chi connectivity index (χ0) is 25.7. The zero-order valence-corrected chi connectivity index (χ0v) is 17.4. The molecule has 1 aliphatic heterocycles. The van der Waals surface area contributed by atoms with Crippen LogP contribution in [0, 0.1) is 5.82 Å². The fourth-order valence-electron chi connectivity index (χ4n) is 3.16. The first kappa shape index (κ1) is 15.5. The number of rotatable bonds is 5. The minimum absolute atomic E-state index is 0.0162. The number of nitrogens with one attached hydrogen (secondary N) is 1. The Balaban J connectivity index is 1.64. The highest BCUT2D eigenvalue weighted by molar-refractivity contribution is 6.36. The lowest BCUT2D eigenvalue weighted by atomic mass is 10.1. The number of ether oxygens (including phenoxy) is 1. The predicted molar refractivity (Wildman–Crippen MR) is 116 cm³/mol. The Morgan fingerprint density at radius 3 is 2.90 bits per heavy atom. The summed E-state index contributed by atoms with van der Waals surface area (Å²) < 4.78 is 61.4. The number of aromatic nitrogens is 3. The van der Waals surface area contributed by atoms with Gasteiger partial charge in [0, 0.05) is 39.6 Å². The molecule has 1 aromatic carbocycles. The molecule has 0 bridgehead atoms. The third kappa shape index (κ3) is 4.24. The number of anilines is 1. The van der Waals surface area contributed by atoms with E-state index in [-0.39, 0.29) is 46.2 Å². The van der Waals surface area contributed by atoms with Gasteiger partial charge in [-0.15, -0.1) is 0 Å². The summed E-state index contributed by atoms with van der Waals surface area (Å²) >= 11 is 12.3. The average molecular weight is 455 g/mol. The second-order valence-corrected chi connectivity index (χ2v) is 7.58. The number of hydrogen-bond acceptors (Lipinski definition) is 5. The van der Waals surface area contributed by atoms with Gasteiger partial charge in [0.25, 0.3) is 0 Å². The van der Waals surface area contributed by atoms with E-state index in [1.807, 2.05) is 0 Å². The van der Waals surface area contributed by atoms with Gasteiger partial charge in [-0.3, -0.25) is 4.68 Å².